The number of hydrogen-bond donors (Lipinski definition) is 2. The first-order chi connectivity index (χ1) is 13.8. The van der Waals surface area contributed by atoms with E-state index in [1.807, 2.05) is 0 Å². The van der Waals surface area contributed by atoms with Gasteiger partial charge in [-0.25, -0.2) is 9.67 Å². The van der Waals surface area contributed by atoms with E-state index in [1.54, 1.807) is 30.3 Å². The number of carbonyl (C=O) groups excluding carboxylic acids is 1. The third-order valence-corrected chi connectivity index (χ3v) is 4.15. The zero-order chi connectivity index (χ0) is 21.0. The Balaban J connectivity index is 1.89. The van der Waals surface area contributed by atoms with Crippen molar-refractivity contribution in [1.82, 2.24) is 14.8 Å². The van der Waals surface area contributed by atoms with Gasteiger partial charge in [0.25, 0.3) is 0 Å². The molecule has 0 aliphatic heterocycles. The number of rotatable bonds is 6. The summed E-state index contributed by atoms with van der Waals surface area (Å²) >= 11 is 0. The van der Waals surface area contributed by atoms with E-state index in [0.717, 1.165) is 18.2 Å². The highest BCUT2D eigenvalue weighted by molar-refractivity contribution is 5.96. The minimum Gasteiger partial charge on any atom is -0.481 e. The lowest BCUT2D eigenvalue weighted by atomic mass is 9.95. The summed E-state index contributed by atoms with van der Waals surface area (Å²) in [5.41, 5.74) is -0.548. The molecular formula is C19H15F3N4O3. The first-order valence-corrected chi connectivity index (χ1v) is 8.39. The van der Waals surface area contributed by atoms with Crippen molar-refractivity contribution < 1.29 is 27.9 Å². The monoisotopic (exact) mass is 404 g/mol. The van der Waals surface area contributed by atoms with E-state index < -0.39 is 36.0 Å². The van der Waals surface area contributed by atoms with Gasteiger partial charge < -0.3 is 10.4 Å². The molecule has 0 spiro atoms. The smallest absolute Gasteiger partial charge is 0.416 e. The summed E-state index contributed by atoms with van der Waals surface area (Å²) < 4.78 is 40.5. The number of halogens is 3. The molecule has 1 atom stereocenters. The second-order valence-electron chi connectivity index (χ2n) is 6.12. The molecule has 3 aromatic rings. The molecule has 1 aromatic heterocycles. The van der Waals surface area contributed by atoms with Gasteiger partial charge in [0.15, 0.2) is 0 Å². The fraction of sp³-hybridized carbons (Fsp3) is 0.158. The Morgan fingerprint density at radius 3 is 2.45 bits per heavy atom. The number of anilines is 1. The molecule has 150 valence electrons. The van der Waals surface area contributed by atoms with Crippen LogP contribution in [-0.4, -0.2) is 31.7 Å². The summed E-state index contributed by atoms with van der Waals surface area (Å²) in [6, 6.07) is 10.9. The van der Waals surface area contributed by atoms with Crippen LogP contribution < -0.4 is 5.32 Å². The average molecular weight is 404 g/mol. The van der Waals surface area contributed by atoms with Gasteiger partial charge >= 0.3 is 12.1 Å². The molecule has 3 rings (SSSR count). The van der Waals surface area contributed by atoms with Crippen molar-refractivity contribution in [1.29, 1.82) is 0 Å². The Hall–Kier alpha value is -3.69. The Bertz CT molecular complexity index is 1010. The van der Waals surface area contributed by atoms with Crippen molar-refractivity contribution in [2.24, 2.45) is 0 Å². The highest BCUT2D eigenvalue weighted by Gasteiger charge is 2.32. The standard InChI is InChI=1S/C19H15F3N4O3/c20-19(21,22)13-6-7-16(26-11-23-10-24-26)15(8-13)25-17(27)9-14(18(28)29)12-4-2-1-3-5-12/h1-8,10-11,14H,9H2,(H,25,27)(H,28,29)/t14-/m0/s1. The molecule has 1 heterocycles. The summed E-state index contributed by atoms with van der Waals surface area (Å²) in [5.74, 6) is -3.11. The van der Waals surface area contributed by atoms with E-state index in [4.69, 9.17) is 0 Å². The van der Waals surface area contributed by atoms with Gasteiger partial charge in [-0.05, 0) is 23.8 Å². The number of nitrogens with one attached hydrogen (secondary N) is 1. The normalized spacial score (nSPS) is 12.4. The highest BCUT2D eigenvalue weighted by atomic mass is 19.4. The molecule has 0 bridgehead atoms. The van der Waals surface area contributed by atoms with Crippen LogP contribution in [0.2, 0.25) is 0 Å². The predicted molar refractivity (Wildman–Crippen MR) is 96.4 cm³/mol. The number of aliphatic carboxylic acids is 1. The van der Waals surface area contributed by atoms with Crippen LogP contribution in [0.5, 0.6) is 0 Å². The van der Waals surface area contributed by atoms with Crippen LogP contribution in [0.15, 0.2) is 61.2 Å². The predicted octanol–water partition coefficient (Wildman–Crippen LogP) is 3.48. The Morgan fingerprint density at radius 1 is 1.14 bits per heavy atom. The molecule has 10 heteroatoms. The van der Waals surface area contributed by atoms with Crippen LogP contribution in [0.1, 0.15) is 23.5 Å². The van der Waals surface area contributed by atoms with Gasteiger partial charge in [0.1, 0.15) is 12.7 Å². The molecule has 0 aliphatic carbocycles. The lowest BCUT2D eigenvalue weighted by Gasteiger charge is -2.16. The number of nitrogens with zero attached hydrogens (tertiary/aromatic N) is 3. The van der Waals surface area contributed by atoms with Crippen LogP contribution in [0, 0.1) is 0 Å². The summed E-state index contributed by atoms with van der Waals surface area (Å²) in [4.78, 5) is 27.8. The number of amides is 1. The van der Waals surface area contributed by atoms with Gasteiger partial charge in [0.2, 0.25) is 5.91 Å². The molecule has 7 nitrogen and oxygen atoms in total. The topological polar surface area (TPSA) is 97.1 Å². The highest BCUT2D eigenvalue weighted by Crippen LogP contribution is 2.33. The van der Waals surface area contributed by atoms with Crippen molar-refractivity contribution in [3.8, 4) is 5.69 Å². The Kier molecular flexibility index (Phi) is 5.62. The molecular weight excluding hydrogens is 389 g/mol. The molecule has 2 N–H and O–H groups in total. The van der Waals surface area contributed by atoms with Crippen LogP contribution in [0.4, 0.5) is 18.9 Å². The van der Waals surface area contributed by atoms with Gasteiger partial charge in [-0.1, -0.05) is 30.3 Å². The van der Waals surface area contributed by atoms with Crippen molar-refractivity contribution in [3.63, 3.8) is 0 Å². The van der Waals surface area contributed by atoms with E-state index in [1.165, 1.54) is 17.3 Å². The number of alkyl halides is 3. The lowest BCUT2D eigenvalue weighted by molar-refractivity contribution is -0.140. The molecule has 0 unspecified atom stereocenters. The number of benzene rings is 2. The molecule has 1 amide bonds. The van der Waals surface area contributed by atoms with Gasteiger partial charge in [0, 0.05) is 6.42 Å². The van der Waals surface area contributed by atoms with Gasteiger partial charge in [-0.3, -0.25) is 9.59 Å². The van der Waals surface area contributed by atoms with Crippen LogP contribution in [-0.2, 0) is 15.8 Å². The molecule has 2 aromatic carbocycles. The first-order valence-electron chi connectivity index (χ1n) is 8.39. The van der Waals surface area contributed by atoms with Crippen molar-refractivity contribution in [2.75, 3.05) is 5.32 Å². The molecule has 0 fully saturated rings. The van der Waals surface area contributed by atoms with Crippen LogP contribution in [0.25, 0.3) is 5.69 Å². The summed E-state index contributed by atoms with van der Waals surface area (Å²) in [6.45, 7) is 0. The number of carbonyl (C=O) groups is 2. The van der Waals surface area contributed by atoms with Crippen molar-refractivity contribution in [3.05, 3.63) is 72.3 Å². The fourth-order valence-corrected chi connectivity index (χ4v) is 2.76. The fourth-order valence-electron chi connectivity index (χ4n) is 2.76. The number of aromatic nitrogens is 3. The zero-order valence-corrected chi connectivity index (χ0v) is 14.8. The largest absolute Gasteiger partial charge is 0.481 e. The van der Waals surface area contributed by atoms with Crippen LogP contribution in [0.3, 0.4) is 0 Å². The molecule has 29 heavy (non-hydrogen) atoms. The maximum Gasteiger partial charge on any atom is 0.416 e. The quantitative estimate of drug-likeness (QED) is 0.656. The maximum atomic E-state index is 13.1. The van der Waals surface area contributed by atoms with Crippen molar-refractivity contribution >= 4 is 17.6 Å². The number of carboxylic acid groups (broad SMARTS) is 1. The van der Waals surface area contributed by atoms with Gasteiger partial charge in [-0.15, -0.1) is 0 Å². The van der Waals surface area contributed by atoms with E-state index in [9.17, 15) is 27.9 Å². The number of carboxylic acids is 1. The van der Waals surface area contributed by atoms with Crippen LogP contribution >= 0.6 is 0 Å². The zero-order valence-electron chi connectivity index (χ0n) is 14.8. The Labute approximate surface area is 162 Å². The Morgan fingerprint density at radius 2 is 1.86 bits per heavy atom. The van der Waals surface area contributed by atoms with Crippen molar-refractivity contribution in [2.45, 2.75) is 18.5 Å². The average Bonchev–Trinajstić information content (AvgIpc) is 3.20. The molecule has 0 aliphatic rings. The van der Waals surface area contributed by atoms with E-state index >= 15 is 0 Å². The third-order valence-electron chi connectivity index (χ3n) is 4.15. The first kappa shape index (κ1) is 20.1. The second-order valence-corrected chi connectivity index (χ2v) is 6.12. The van der Waals surface area contributed by atoms with Gasteiger partial charge in [0.05, 0.1) is 22.9 Å². The minimum atomic E-state index is -4.62. The number of hydrogen-bond acceptors (Lipinski definition) is 4. The molecule has 0 saturated carbocycles. The third kappa shape index (κ3) is 4.78. The molecule has 0 radical (unpaired) electrons. The minimum absolute atomic E-state index is 0.160. The molecule has 0 saturated heterocycles. The summed E-state index contributed by atoms with van der Waals surface area (Å²) in [5, 5.41) is 15.7. The summed E-state index contributed by atoms with van der Waals surface area (Å²) in [6.07, 6.45) is -2.61. The lowest BCUT2D eigenvalue weighted by Crippen LogP contribution is -2.22. The SMILES string of the molecule is O=C(C[C@H](C(=O)O)c1ccccc1)Nc1cc(C(F)(F)F)ccc1-n1cncn1. The van der Waals surface area contributed by atoms with E-state index in [2.05, 4.69) is 15.4 Å². The van der Waals surface area contributed by atoms with E-state index in [0.29, 0.717) is 5.56 Å². The maximum absolute atomic E-state index is 13.1. The second kappa shape index (κ2) is 8.13. The summed E-state index contributed by atoms with van der Waals surface area (Å²) in [7, 11) is 0. The van der Waals surface area contributed by atoms with E-state index in [-0.39, 0.29) is 11.4 Å². The van der Waals surface area contributed by atoms with Gasteiger partial charge in [-0.2, -0.15) is 18.3 Å².